The van der Waals surface area contributed by atoms with Gasteiger partial charge < -0.3 is 0 Å². The molecule has 10 aromatic rings. The Morgan fingerprint density at radius 3 is 0.797 bits per heavy atom. The normalized spacial score (nSPS) is 11.8. The molecule has 0 amide bonds. The van der Waals surface area contributed by atoms with Gasteiger partial charge in [-0.15, -0.1) is 0 Å². The highest BCUT2D eigenvalue weighted by Crippen LogP contribution is 2.50. The smallest absolute Gasteiger partial charge is 0.282 e. The quantitative estimate of drug-likeness (QED) is 0.140. The molecule has 0 unspecified atom stereocenters. The largest absolute Gasteiger partial charge is 0.295 e. The minimum absolute atomic E-state index is 0.0600. The molecule has 0 aliphatic rings. The summed E-state index contributed by atoms with van der Waals surface area (Å²) in [6.45, 7) is 0. The van der Waals surface area contributed by atoms with Crippen molar-refractivity contribution in [2.45, 2.75) is 9.79 Å². The van der Waals surface area contributed by atoms with Gasteiger partial charge in [0.1, 0.15) is 9.79 Å². The van der Waals surface area contributed by atoms with E-state index < -0.39 is 30.0 Å². The minimum atomic E-state index is -5.18. The standard InChI is InChI=1S/C56H38O6S2/c57-63(58,59)55-51(47-31-43(37-17-5-1-6-18-37)29-44(32-47)38-19-7-2-8-20-38)35-41-25-13-15-27-49(41)53(55)54-50-28-16-14-26-42(50)36-52(56(54)64(60,61)62)48-33-45(39-21-9-3-10-22-39)30-46(34-48)40-23-11-4-12-24-40/h1-36H,(H,57,58,59)(H,60,61,62). The Kier molecular flexibility index (Phi) is 10.4. The van der Waals surface area contributed by atoms with Crippen molar-refractivity contribution < 1.29 is 25.9 Å². The van der Waals surface area contributed by atoms with E-state index in [1.165, 1.54) is 0 Å². The van der Waals surface area contributed by atoms with Crippen LogP contribution in [0.3, 0.4) is 0 Å². The second-order valence-electron chi connectivity index (χ2n) is 15.7. The van der Waals surface area contributed by atoms with Crippen LogP contribution in [0.1, 0.15) is 0 Å². The monoisotopic (exact) mass is 870 g/mol. The predicted octanol–water partition coefficient (Wildman–Crippen LogP) is 14.2. The van der Waals surface area contributed by atoms with E-state index in [2.05, 4.69) is 0 Å². The SMILES string of the molecule is O=S(=O)(O)c1c(-c2cc(-c3ccccc3)cc(-c3ccccc3)c2)cc2ccccc2c1-c1c(S(=O)(=O)O)c(-c2cc(-c3ccccc3)cc(-c3ccccc3)c2)cc2ccccc12. The van der Waals surface area contributed by atoms with Crippen LogP contribution in [0.4, 0.5) is 0 Å². The molecule has 0 aliphatic carbocycles. The zero-order valence-electron chi connectivity index (χ0n) is 34.1. The summed E-state index contributed by atoms with van der Waals surface area (Å²) in [6, 6.07) is 68.0. The van der Waals surface area contributed by atoms with Crippen LogP contribution < -0.4 is 0 Å². The van der Waals surface area contributed by atoms with Gasteiger partial charge in [0.2, 0.25) is 0 Å². The average Bonchev–Trinajstić information content (AvgIpc) is 3.33. The maximum absolute atomic E-state index is 14.4. The number of benzene rings is 10. The van der Waals surface area contributed by atoms with Crippen LogP contribution in [-0.4, -0.2) is 25.9 Å². The highest BCUT2D eigenvalue weighted by Gasteiger charge is 2.33. The van der Waals surface area contributed by atoms with Crippen LogP contribution in [0.15, 0.2) is 228 Å². The summed E-state index contributed by atoms with van der Waals surface area (Å²) in [7, 11) is -10.4. The molecule has 0 fully saturated rings. The fraction of sp³-hybridized carbons (Fsp3) is 0. The van der Waals surface area contributed by atoms with Gasteiger partial charge in [-0.3, -0.25) is 9.11 Å². The van der Waals surface area contributed by atoms with Gasteiger partial charge in [0.25, 0.3) is 20.2 Å². The molecule has 0 saturated heterocycles. The molecule has 8 heteroatoms. The number of hydrogen-bond acceptors (Lipinski definition) is 4. The molecule has 0 saturated carbocycles. The summed E-state index contributed by atoms with van der Waals surface area (Å²) < 4.78 is 80.8. The Morgan fingerprint density at radius 1 is 0.266 bits per heavy atom. The van der Waals surface area contributed by atoms with Gasteiger partial charge in [0.15, 0.2) is 0 Å². The highest BCUT2D eigenvalue weighted by molar-refractivity contribution is 7.86. The van der Waals surface area contributed by atoms with E-state index in [0.29, 0.717) is 32.7 Å². The van der Waals surface area contributed by atoms with Crippen molar-refractivity contribution in [2.75, 3.05) is 0 Å². The first-order valence-electron chi connectivity index (χ1n) is 20.6. The van der Waals surface area contributed by atoms with Crippen molar-refractivity contribution in [1.29, 1.82) is 0 Å². The molecule has 0 spiro atoms. The summed E-state index contributed by atoms with van der Waals surface area (Å²) in [4.78, 5) is -0.990. The zero-order valence-corrected chi connectivity index (χ0v) is 35.8. The van der Waals surface area contributed by atoms with Gasteiger partial charge in [0.05, 0.1) is 0 Å². The molecule has 10 aromatic carbocycles. The van der Waals surface area contributed by atoms with E-state index in [4.69, 9.17) is 0 Å². The van der Waals surface area contributed by atoms with Gasteiger partial charge in [-0.25, -0.2) is 0 Å². The molecule has 0 heterocycles. The molecule has 10 rings (SSSR count). The first-order valence-corrected chi connectivity index (χ1v) is 23.5. The molecule has 0 bridgehead atoms. The van der Waals surface area contributed by atoms with Crippen LogP contribution in [-0.2, 0) is 20.2 Å². The lowest BCUT2D eigenvalue weighted by Gasteiger charge is -2.23. The third-order valence-electron chi connectivity index (χ3n) is 11.7. The first-order chi connectivity index (χ1) is 31.0. The van der Waals surface area contributed by atoms with E-state index in [1.54, 1.807) is 36.4 Å². The minimum Gasteiger partial charge on any atom is -0.282 e. The molecule has 0 aromatic heterocycles. The van der Waals surface area contributed by atoms with Crippen LogP contribution in [0.5, 0.6) is 0 Å². The third-order valence-corrected chi connectivity index (χ3v) is 13.6. The molecular formula is C56H38O6S2. The molecule has 310 valence electrons. The van der Waals surface area contributed by atoms with Crippen molar-refractivity contribution in [3.63, 3.8) is 0 Å². The molecule has 64 heavy (non-hydrogen) atoms. The summed E-state index contributed by atoms with van der Waals surface area (Å²) in [5.74, 6) is 0. The summed E-state index contributed by atoms with van der Waals surface area (Å²) in [5, 5.41) is 1.88. The number of fused-ring (bicyclic) bond motifs is 2. The Labute approximate surface area is 371 Å². The molecular weight excluding hydrogens is 833 g/mol. The van der Waals surface area contributed by atoms with E-state index in [0.717, 1.165) is 44.5 Å². The van der Waals surface area contributed by atoms with Crippen molar-refractivity contribution >= 4 is 41.8 Å². The van der Waals surface area contributed by atoms with Gasteiger partial charge in [-0.2, -0.15) is 16.8 Å². The lowest BCUT2D eigenvalue weighted by atomic mass is 9.86. The average molecular weight is 871 g/mol. The van der Waals surface area contributed by atoms with Crippen molar-refractivity contribution in [2.24, 2.45) is 0 Å². The highest BCUT2D eigenvalue weighted by atomic mass is 32.2. The third kappa shape index (κ3) is 7.69. The van der Waals surface area contributed by atoms with Crippen molar-refractivity contribution in [1.82, 2.24) is 0 Å². The molecule has 0 atom stereocenters. The molecule has 6 nitrogen and oxygen atoms in total. The number of hydrogen-bond donors (Lipinski definition) is 2. The maximum atomic E-state index is 14.4. The van der Waals surface area contributed by atoms with Gasteiger partial charge in [-0.05, 0) is 126 Å². The lowest BCUT2D eigenvalue weighted by molar-refractivity contribution is 0.480. The van der Waals surface area contributed by atoms with E-state index >= 15 is 0 Å². The molecule has 2 N–H and O–H groups in total. The molecule has 0 aliphatic heterocycles. The first kappa shape index (κ1) is 40.6. The maximum Gasteiger partial charge on any atom is 0.295 e. The summed E-state index contributed by atoms with van der Waals surface area (Å²) >= 11 is 0. The van der Waals surface area contributed by atoms with E-state index in [9.17, 15) is 25.9 Å². The Bertz CT molecular complexity index is 3270. The summed E-state index contributed by atoms with van der Waals surface area (Å²) in [6.07, 6.45) is 0. The Balaban J connectivity index is 1.36. The summed E-state index contributed by atoms with van der Waals surface area (Å²) in [5.41, 5.74) is 7.85. The van der Waals surface area contributed by atoms with Crippen LogP contribution in [0, 0.1) is 0 Å². The fourth-order valence-electron chi connectivity index (χ4n) is 8.87. The van der Waals surface area contributed by atoms with Gasteiger partial charge in [0, 0.05) is 22.3 Å². The van der Waals surface area contributed by atoms with Crippen molar-refractivity contribution in [3.8, 4) is 77.9 Å². The van der Waals surface area contributed by atoms with Crippen molar-refractivity contribution in [3.05, 3.63) is 218 Å². The topological polar surface area (TPSA) is 109 Å². The van der Waals surface area contributed by atoms with E-state index in [-0.39, 0.29) is 22.3 Å². The lowest BCUT2D eigenvalue weighted by Crippen LogP contribution is -2.09. The van der Waals surface area contributed by atoms with Crippen LogP contribution >= 0.6 is 0 Å². The second-order valence-corrected chi connectivity index (χ2v) is 18.4. The number of rotatable bonds is 9. The van der Waals surface area contributed by atoms with Gasteiger partial charge >= 0.3 is 0 Å². The zero-order chi connectivity index (χ0) is 44.0. The second kappa shape index (κ2) is 16.3. The molecule has 0 radical (unpaired) electrons. The fourth-order valence-corrected chi connectivity index (χ4v) is 10.7. The Morgan fingerprint density at radius 2 is 0.516 bits per heavy atom. The van der Waals surface area contributed by atoms with E-state index in [1.807, 2.05) is 182 Å². The predicted molar refractivity (Wildman–Crippen MR) is 259 cm³/mol. The Hall–Kier alpha value is -7.46. The van der Waals surface area contributed by atoms with Crippen LogP contribution in [0.2, 0.25) is 0 Å². The van der Waals surface area contributed by atoms with Crippen LogP contribution in [0.25, 0.3) is 99.4 Å². The van der Waals surface area contributed by atoms with Gasteiger partial charge in [-0.1, -0.05) is 170 Å².